The van der Waals surface area contributed by atoms with Crippen molar-refractivity contribution in [3.63, 3.8) is 0 Å². The Morgan fingerprint density at radius 1 is 1.43 bits per heavy atom. The highest BCUT2D eigenvalue weighted by atomic mass is 16.5. The summed E-state index contributed by atoms with van der Waals surface area (Å²) >= 11 is 0. The van der Waals surface area contributed by atoms with Gasteiger partial charge in [-0.3, -0.25) is 4.79 Å². The zero-order chi connectivity index (χ0) is 9.97. The molecule has 0 N–H and O–H groups in total. The maximum Gasteiger partial charge on any atom is 0.313 e. The molecule has 1 fully saturated rings. The van der Waals surface area contributed by atoms with E-state index in [0.29, 0.717) is 0 Å². The number of hydrogen-bond acceptors (Lipinski definition) is 2. The highest BCUT2D eigenvalue weighted by Crippen LogP contribution is 2.39. The van der Waals surface area contributed by atoms with E-state index in [9.17, 15) is 4.79 Å². The third-order valence-corrected chi connectivity index (χ3v) is 2.36. The van der Waals surface area contributed by atoms with Crippen molar-refractivity contribution in [1.82, 2.24) is 0 Å². The van der Waals surface area contributed by atoms with Gasteiger partial charge in [0.25, 0.3) is 0 Å². The first kappa shape index (κ1) is 9.00. The molecule has 0 bridgehead atoms. The van der Waals surface area contributed by atoms with Crippen LogP contribution in [0, 0.1) is 5.92 Å². The molecule has 2 rings (SSSR count). The van der Waals surface area contributed by atoms with Gasteiger partial charge in [-0.15, -0.1) is 0 Å². The average Bonchev–Trinajstić information content (AvgIpc) is 2.98. The molecule has 72 valence electrons. The van der Waals surface area contributed by atoms with E-state index in [1.165, 1.54) is 12.7 Å². The number of esters is 1. The van der Waals surface area contributed by atoms with Gasteiger partial charge < -0.3 is 4.74 Å². The van der Waals surface area contributed by atoms with Gasteiger partial charge in [-0.25, -0.2) is 0 Å². The van der Waals surface area contributed by atoms with Crippen molar-refractivity contribution in [2.75, 3.05) is 7.11 Å². The summed E-state index contributed by atoms with van der Waals surface area (Å²) in [5.74, 6) is -0.104. The molecule has 0 unspecified atom stereocenters. The van der Waals surface area contributed by atoms with Crippen molar-refractivity contribution in [2.45, 2.75) is 6.42 Å². The van der Waals surface area contributed by atoms with Crippen molar-refractivity contribution in [3.8, 4) is 0 Å². The van der Waals surface area contributed by atoms with Gasteiger partial charge in [0.05, 0.1) is 13.0 Å². The number of benzene rings is 1. The maximum absolute atomic E-state index is 11.1. The monoisotopic (exact) mass is 188 g/mol. The van der Waals surface area contributed by atoms with Crippen LogP contribution in [0.5, 0.6) is 0 Å². The number of rotatable bonds is 2. The molecule has 14 heavy (non-hydrogen) atoms. The summed E-state index contributed by atoms with van der Waals surface area (Å²) in [7, 11) is 1.43. The Bertz CT molecular complexity index is 365. The molecule has 1 saturated carbocycles. The third kappa shape index (κ3) is 1.84. The van der Waals surface area contributed by atoms with Crippen LogP contribution in [0.1, 0.15) is 12.0 Å². The lowest BCUT2D eigenvalue weighted by atomic mass is 10.2. The van der Waals surface area contributed by atoms with Crippen LogP contribution in [-0.2, 0) is 9.53 Å². The highest BCUT2D eigenvalue weighted by Gasteiger charge is 2.37. The Hall–Kier alpha value is -1.57. The lowest BCUT2D eigenvalue weighted by molar-refractivity contribution is -0.141. The van der Waals surface area contributed by atoms with Gasteiger partial charge in [0, 0.05) is 0 Å². The molecule has 2 nitrogen and oxygen atoms in total. The SMILES string of the molecule is COC(=O)[C@@H]1C/C1=C\c1ccccc1. The van der Waals surface area contributed by atoms with E-state index >= 15 is 0 Å². The Labute approximate surface area is 83.2 Å². The average molecular weight is 188 g/mol. The first-order valence-electron chi connectivity index (χ1n) is 4.64. The molecule has 1 aromatic carbocycles. The van der Waals surface area contributed by atoms with E-state index in [0.717, 1.165) is 12.0 Å². The molecular formula is C12H12O2. The number of ether oxygens (including phenoxy) is 1. The zero-order valence-corrected chi connectivity index (χ0v) is 8.07. The van der Waals surface area contributed by atoms with E-state index in [1.807, 2.05) is 30.3 Å². The van der Waals surface area contributed by atoms with E-state index in [-0.39, 0.29) is 11.9 Å². The molecule has 0 heterocycles. The van der Waals surface area contributed by atoms with E-state index in [1.54, 1.807) is 0 Å². The topological polar surface area (TPSA) is 26.3 Å². The fraction of sp³-hybridized carbons (Fsp3) is 0.250. The summed E-state index contributed by atoms with van der Waals surface area (Å²) in [6, 6.07) is 10.0. The quantitative estimate of drug-likeness (QED) is 0.665. The minimum absolute atomic E-state index is 0.0141. The van der Waals surface area contributed by atoms with Gasteiger partial charge >= 0.3 is 5.97 Å². The molecule has 1 atom stereocenters. The van der Waals surface area contributed by atoms with Crippen LogP contribution in [0.15, 0.2) is 35.9 Å². The predicted octanol–water partition coefficient (Wildman–Crippen LogP) is 2.26. The highest BCUT2D eigenvalue weighted by molar-refractivity contribution is 5.83. The Balaban J connectivity index is 2.06. The summed E-state index contributed by atoms with van der Waals surface area (Å²) in [5, 5.41) is 0. The van der Waals surface area contributed by atoms with Gasteiger partial charge in [0.15, 0.2) is 0 Å². The molecule has 0 amide bonds. The van der Waals surface area contributed by atoms with Crippen LogP contribution in [0.4, 0.5) is 0 Å². The second kappa shape index (κ2) is 3.66. The summed E-state index contributed by atoms with van der Waals surface area (Å²) in [6.45, 7) is 0. The van der Waals surface area contributed by atoms with Gasteiger partial charge in [0.1, 0.15) is 0 Å². The largest absolute Gasteiger partial charge is 0.469 e. The van der Waals surface area contributed by atoms with Gasteiger partial charge in [-0.05, 0) is 12.0 Å². The second-order valence-electron chi connectivity index (χ2n) is 3.41. The van der Waals surface area contributed by atoms with Crippen LogP contribution >= 0.6 is 0 Å². The molecule has 0 spiro atoms. The lowest BCUT2D eigenvalue weighted by Gasteiger charge is -1.92. The van der Waals surface area contributed by atoms with Crippen LogP contribution in [0.25, 0.3) is 6.08 Å². The summed E-state index contributed by atoms with van der Waals surface area (Å²) in [5.41, 5.74) is 2.32. The fourth-order valence-corrected chi connectivity index (χ4v) is 1.48. The van der Waals surface area contributed by atoms with E-state index in [2.05, 4.69) is 10.8 Å². The normalized spacial score (nSPS) is 22.1. The fourth-order valence-electron chi connectivity index (χ4n) is 1.48. The molecular weight excluding hydrogens is 176 g/mol. The summed E-state index contributed by atoms with van der Waals surface area (Å²) < 4.78 is 4.66. The maximum atomic E-state index is 11.1. The zero-order valence-electron chi connectivity index (χ0n) is 8.07. The van der Waals surface area contributed by atoms with Crippen molar-refractivity contribution < 1.29 is 9.53 Å². The summed E-state index contributed by atoms with van der Waals surface area (Å²) in [4.78, 5) is 11.1. The summed E-state index contributed by atoms with van der Waals surface area (Å²) in [6.07, 6.45) is 2.91. The van der Waals surface area contributed by atoms with Crippen LogP contribution in [0.3, 0.4) is 0 Å². The molecule has 0 saturated heterocycles. The Morgan fingerprint density at radius 3 is 2.79 bits per heavy atom. The first-order valence-corrected chi connectivity index (χ1v) is 4.64. The number of hydrogen-bond donors (Lipinski definition) is 0. The number of carbonyl (C=O) groups excluding carboxylic acids is 1. The predicted molar refractivity (Wildman–Crippen MR) is 54.5 cm³/mol. The molecule has 1 aromatic rings. The standard InChI is InChI=1S/C12H12O2/c1-14-12(13)11-8-10(11)7-9-5-3-2-4-6-9/h2-7,11H,8H2,1H3/b10-7+/t11-/m1/s1. The van der Waals surface area contributed by atoms with Crippen molar-refractivity contribution in [2.24, 2.45) is 5.92 Å². The minimum Gasteiger partial charge on any atom is -0.469 e. The molecule has 0 radical (unpaired) electrons. The third-order valence-electron chi connectivity index (χ3n) is 2.36. The molecule has 0 aliphatic heterocycles. The Morgan fingerprint density at radius 2 is 2.14 bits per heavy atom. The number of carbonyl (C=O) groups is 1. The van der Waals surface area contributed by atoms with Crippen LogP contribution in [0.2, 0.25) is 0 Å². The van der Waals surface area contributed by atoms with Crippen LogP contribution in [-0.4, -0.2) is 13.1 Å². The smallest absolute Gasteiger partial charge is 0.313 e. The Kier molecular flexibility index (Phi) is 2.35. The molecule has 0 aromatic heterocycles. The van der Waals surface area contributed by atoms with Crippen LogP contribution < -0.4 is 0 Å². The minimum atomic E-state index is -0.118. The van der Waals surface area contributed by atoms with E-state index < -0.39 is 0 Å². The van der Waals surface area contributed by atoms with Crippen molar-refractivity contribution >= 4 is 12.0 Å². The molecule has 1 aliphatic rings. The number of methoxy groups -OCH3 is 1. The van der Waals surface area contributed by atoms with Crippen molar-refractivity contribution in [1.29, 1.82) is 0 Å². The first-order chi connectivity index (χ1) is 6.81. The van der Waals surface area contributed by atoms with Gasteiger partial charge in [-0.2, -0.15) is 0 Å². The molecule has 1 aliphatic carbocycles. The second-order valence-corrected chi connectivity index (χ2v) is 3.41. The van der Waals surface area contributed by atoms with Gasteiger partial charge in [0.2, 0.25) is 0 Å². The van der Waals surface area contributed by atoms with Crippen molar-refractivity contribution in [3.05, 3.63) is 41.5 Å². The van der Waals surface area contributed by atoms with E-state index in [4.69, 9.17) is 0 Å². The van der Waals surface area contributed by atoms with Gasteiger partial charge in [-0.1, -0.05) is 42.0 Å². The lowest BCUT2D eigenvalue weighted by Crippen LogP contribution is -2.01. The molecule has 2 heteroatoms.